The van der Waals surface area contributed by atoms with Crippen LogP contribution in [0.25, 0.3) is 0 Å². The van der Waals surface area contributed by atoms with Gasteiger partial charge >= 0.3 is 0 Å². The molecule has 0 N–H and O–H groups in total. The lowest BCUT2D eigenvalue weighted by Crippen LogP contribution is -2.30. The summed E-state index contributed by atoms with van der Waals surface area (Å²) in [5.74, 6) is -0.337. The van der Waals surface area contributed by atoms with E-state index < -0.39 is 0 Å². The average molecular weight is 296 g/mol. The third-order valence-corrected chi connectivity index (χ3v) is 3.59. The van der Waals surface area contributed by atoms with Gasteiger partial charge in [0.05, 0.1) is 11.1 Å². The molecule has 0 atom stereocenters. The zero-order valence-electron chi connectivity index (χ0n) is 9.70. The summed E-state index contributed by atoms with van der Waals surface area (Å²) in [6.45, 7) is 2.62. The fraction of sp³-hybridized carbons (Fsp3) is 0.385. The normalized spacial score (nSPS) is 14.4. The number of rotatable bonds is 4. The van der Waals surface area contributed by atoms with Crippen LogP contribution in [-0.2, 0) is 0 Å². The minimum atomic E-state index is -0.173. The largest absolute Gasteiger partial charge is 0.274 e. The molecule has 0 saturated carbocycles. The fourth-order valence-corrected chi connectivity index (χ4v) is 2.55. The Balaban J connectivity index is 2.24. The molecular weight excluding hydrogens is 282 g/mol. The van der Waals surface area contributed by atoms with Gasteiger partial charge in [-0.3, -0.25) is 14.5 Å². The van der Waals surface area contributed by atoms with Crippen LogP contribution >= 0.6 is 15.9 Å². The van der Waals surface area contributed by atoms with Crippen molar-refractivity contribution in [2.75, 3.05) is 6.54 Å². The number of benzene rings is 1. The molecule has 0 aliphatic carbocycles. The summed E-state index contributed by atoms with van der Waals surface area (Å²) in [7, 11) is 0. The highest BCUT2D eigenvalue weighted by molar-refractivity contribution is 9.10. The molecule has 0 aromatic heterocycles. The number of fused-ring (bicyclic) bond motifs is 1. The summed E-state index contributed by atoms with van der Waals surface area (Å²) in [4.78, 5) is 25.5. The number of carbonyl (C=O) groups excluding carboxylic acids is 2. The first-order valence-corrected chi connectivity index (χ1v) is 6.60. The summed E-state index contributed by atoms with van der Waals surface area (Å²) >= 11 is 3.32. The SMILES string of the molecule is CCCCCN1C(=O)c2cccc(Br)c2C1=O. The van der Waals surface area contributed by atoms with E-state index in [9.17, 15) is 9.59 Å². The van der Waals surface area contributed by atoms with Gasteiger partial charge in [-0.25, -0.2) is 0 Å². The van der Waals surface area contributed by atoms with E-state index in [4.69, 9.17) is 0 Å². The van der Waals surface area contributed by atoms with Crippen LogP contribution in [0.15, 0.2) is 22.7 Å². The van der Waals surface area contributed by atoms with E-state index in [-0.39, 0.29) is 11.8 Å². The zero-order chi connectivity index (χ0) is 12.4. The smallest absolute Gasteiger partial charge is 0.262 e. The van der Waals surface area contributed by atoms with E-state index in [0.717, 1.165) is 19.3 Å². The number of imide groups is 1. The van der Waals surface area contributed by atoms with Gasteiger partial charge in [-0.1, -0.05) is 25.8 Å². The van der Waals surface area contributed by atoms with E-state index in [2.05, 4.69) is 22.9 Å². The minimum absolute atomic E-state index is 0.164. The van der Waals surface area contributed by atoms with E-state index >= 15 is 0 Å². The lowest BCUT2D eigenvalue weighted by molar-refractivity contribution is 0.0651. The van der Waals surface area contributed by atoms with Crippen molar-refractivity contribution in [3.63, 3.8) is 0 Å². The summed E-state index contributed by atoms with van der Waals surface area (Å²) in [5, 5.41) is 0. The Labute approximate surface area is 109 Å². The highest BCUT2D eigenvalue weighted by Crippen LogP contribution is 2.29. The number of nitrogens with zero attached hydrogens (tertiary/aromatic N) is 1. The van der Waals surface area contributed by atoms with Crippen LogP contribution in [0.4, 0.5) is 0 Å². The van der Waals surface area contributed by atoms with Crippen molar-refractivity contribution in [3.05, 3.63) is 33.8 Å². The molecule has 3 nitrogen and oxygen atoms in total. The highest BCUT2D eigenvalue weighted by atomic mass is 79.9. The number of amides is 2. The molecule has 1 aliphatic rings. The summed E-state index contributed by atoms with van der Waals surface area (Å²) in [6.07, 6.45) is 2.99. The Morgan fingerprint density at radius 1 is 1.18 bits per heavy atom. The molecule has 0 unspecified atom stereocenters. The molecule has 1 heterocycles. The maximum Gasteiger partial charge on any atom is 0.262 e. The number of hydrogen-bond donors (Lipinski definition) is 0. The lowest BCUT2D eigenvalue weighted by atomic mass is 10.1. The fourth-order valence-electron chi connectivity index (χ4n) is 2.02. The van der Waals surface area contributed by atoms with Crippen molar-refractivity contribution < 1.29 is 9.59 Å². The van der Waals surface area contributed by atoms with Crippen LogP contribution in [0.1, 0.15) is 46.9 Å². The van der Waals surface area contributed by atoms with Gasteiger partial charge in [-0.15, -0.1) is 0 Å². The minimum Gasteiger partial charge on any atom is -0.274 e. The van der Waals surface area contributed by atoms with Crippen molar-refractivity contribution in [1.82, 2.24) is 4.90 Å². The molecule has 0 radical (unpaired) electrons. The second-order valence-electron chi connectivity index (χ2n) is 4.13. The first kappa shape index (κ1) is 12.3. The Bertz CT molecular complexity index is 470. The van der Waals surface area contributed by atoms with Gasteiger partial charge in [-0.05, 0) is 34.5 Å². The van der Waals surface area contributed by atoms with Gasteiger partial charge in [0, 0.05) is 11.0 Å². The maximum atomic E-state index is 12.1. The van der Waals surface area contributed by atoms with Crippen molar-refractivity contribution >= 4 is 27.7 Å². The summed E-state index contributed by atoms with van der Waals surface area (Å²) < 4.78 is 0.700. The molecule has 1 aromatic rings. The summed E-state index contributed by atoms with van der Waals surface area (Å²) in [6, 6.07) is 5.28. The van der Waals surface area contributed by atoms with Crippen LogP contribution in [0.2, 0.25) is 0 Å². The Hall–Kier alpha value is -1.16. The average Bonchev–Trinajstić information content (AvgIpc) is 2.55. The molecule has 0 saturated heterocycles. The number of hydrogen-bond acceptors (Lipinski definition) is 2. The van der Waals surface area contributed by atoms with Crippen LogP contribution < -0.4 is 0 Å². The van der Waals surface area contributed by atoms with Crippen molar-refractivity contribution in [2.45, 2.75) is 26.2 Å². The number of carbonyl (C=O) groups is 2. The van der Waals surface area contributed by atoms with Crippen molar-refractivity contribution in [2.24, 2.45) is 0 Å². The van der Waals surface area contributed by atoms with Gasteiger partial charge in [0.1, 0.15) is 0 Å². The molecule has 4 heteroatoms. The van der Waals surface area contributed by atoms with Gasteiger partial charge in [0.2, 0.25) is 0 Å². The van der Waals surface area contributed by atoms with Gasteiger partial charge in [0.25, 0.3) is 11.8 Å². The molecule has 1 aliphatic heterocycles. The Kier molecular flexibility index (Phi) is 3.62. The predicted molar refractivity (Wildman–Crippen MR) is 69.0 cm³/mol. The third-order valence-electron chi connectivity index (χ3n) is 2.93. The quantitative estimate of drug-likeness (QED) is 0.632. The van der Waals surface area contributed by atoms with E-state index in [1.165, 1.54) is 4.90 Å². The van der Waals surface area contributed by atoms with Gasteiger partial charge in [-0.2, -0.15) is 0 Å². The molecule has 1 aromatic carbocycles. The second kappa shape index (κ2) is 5.00. The zero-order valence-corrected chi connectivity index (χ0v) is 11.3. The molecule has 2 amide bonds. The highest BCUT2D eigenvalue weighted by Gasteiger charge is 2.36. The molecule has 0 spiro atoms. The Morgan fingerprint density at radius 3 is 2.59 bits per heavy atom. The first-order chi connectivity index (χ1) is 8.16. The van der Waals surface area contributed by atoms with Crippen LogP contribution in [0.3, 0.4) is 0 Å². The molecule has 0 bridgehead atoms. The predicted octanol–water partition coefficient (Wildman–Crippen LogP) is 3.24. The van der Waals surface area contributed by atoms with Crippen LogP contribution in [0.5, 0.6) is 0 Å². The maximum absolute atomic E-state index is 12.1. The van der Waals surface area contributed by atoms with Crippen LogP contribution in [0, 0.1) is 0 Å². The molecule has 0 fully saturated rings. The van der Waals surface area contributed by atoms with Crippen LogP contribution in [-0.4, -0.2) is 23.3 Å². The lowest BCUT2D eigenvalue weighted by Gasteiger charge is -2.12. The topological polar surface area (TPSA) is 37.4 Å². The molecule has 17 heavy (non-hydrogen) atoms. The van der Waals surface area contributed by atoms with Crippen molar-refractivity contribution in [3.8, 4) is 0 Å². The molecule has 2 rings (SSSR count). The van der Waals surface area contributed by atoms with E-state index in [0.29, 0.717) is 22.1 Å². The third kappa shape index (κ3) is 2.14. The standard InChI is InChI=1S/C13H14BrNO2/c1-2-3-4-8-15-12(16)9-6-5-7-10(14)11(9)13(15)17/h5-7H,2-4,8H2,1H3. The number of halogens is 1. The van der Waals surface area contributed by atoms with Gasteiger partial charge in [0.15, 0.2) is 0 Å². The van der Waals surface area contributed by atoms with Crippen molar-refractivity contribution in [1.29, 1.82) is 0 Å². The molecular formula is C13H14BrNO2. The second-order valence-corrected chi connectivity index (χ2v) is 4.99. The first-order valence-electron chi connectivity index (χ1n) is 5.81. The van der Waals surface area contributed by atoms with E-state index in [1.54, 1.807) is 18.2 Å². The van der Waals surface area contributed by atoms with Gasteiger partial charge < -0.3 is 0 Å². The van der Waals surface area contributed by atoms with E-state index in [1.807, 2.05) is 0 Å². The monoisotopic (exact) mass is 295 g/mol. The Morgan fingerprint density at radius 2 is 1.94 bits per heavy atom. The summed E-state index contributed by atoms with van der Waals surface area (Å²) in [5.41, 5.74) is 1.02. The number of unbranched alkanes of at least 4 members (excludes halogenated alkanes) is 2. The molecule has 90 valence electrons.